The van der Waals surface area contributed by atoms with Gasteiger partial charge >= 0.3 is 0 Å². The fourth-order valence-corrected chi connectivity index (χ4v) is 1.88. The first-order valence-electron chi connectivity index (χ1n) is 6.04. The van der Waals surface area contributed by atoms with E-state index in [0.29, 0.717) is 6.42 Å². The number of aryl methyl sites for hydroxylation is 1. The van der Waals surface area contributed by atoms with E-state index in [0.717, 1.165) is 11.3 Å². The summed E-state index contributed by atoms with van der Waals surface area (Å²) < 4.78 is 0. The second kappa shape index (κ2) is 5.88. The highest BCUT2D eigenvalue weighted by molar-refractivity contribution is 5.47. The van der Waals surface area contributed by atoms with Crippen molar-refractivity contribution in [1.29, 1.82) is 5.26 Å². The number of nitriles is 1. The van der Waals surface area contributed by atoms with E-state index in [4.69, 9.17) is 5.26 Å². The molecule has 0 spiro atoms. The summed E-state index contributed by atoms with van der Waals surface area (Å²) in [7, 11) is 0. The quantitative estimate of drug-likeness (QED) is 0.868. The molecule has 18 heavy (non-hydrogen) atoms. The Bertz CT molecular complexity index is 523. The lowest BCUT2D eigenvalue weighted by Crippen LogP contribution is -2.09. The molecule has 0 aliphatic carbocycles. The molecule has 0 radical (unpaired) electrons. The first kappa shape index (κ1) is 12.2. The van der Waals surface area contributed by atoms with Gasteiger partial charge in [0.2, 0.25) is 0 Å². The molecule has 0 fully saturated rings. The molecule has 90 valence electrons. The topological polar surface area (TPSA) is 35.8 Å². The van der Waals surface area contributed by atoms with Gasteiger partial charge in [0.05, 0.1) is 18.5 Å². The molecule has 1 N–H and O–H groups in total. The van der Waals surface area contributed by atoms with E-state index in [-0.39, 0.29) is 6.04 Å². The van der Waals surface area contributed by atoms with Crippen LogP contribution in [0.25, 0.3) is 0 Å². The van der Waals surface area contributed by atoms with Crippen molar-refractivity contribution in [2.24, 2.45) is 0 Å². The number of nitrogens with one attached hydrogen (secondary N) is 1. The van der Waals surface area contributed by atoms with Crippen LogP contribution in [-0.2, 0) is 0 Å². The summed E-state index contributed by atoms with van der Waals surface area (Å²) in [5.41, 5.74) is 3.42. The van der Waals surface area contributed by atoms with Crippen LogP contribution < -0.4 is 5.32 Å². The lowest BCUT2D eigenvalue weighted by atomic mass is 10.0. The predicted octanol–water partition coefficient (Wildman–Crippen LogP) is 4.06. The number of hydrogen-bond donors (Lipinski definition) is 1. The van der Waals surface area contributed by atoms with Gasteiger partial charge in [0.25, 0.3) is 0 Å². The molecular formula is C16H16N2. The Kier molecular flexibility index (Phi) is 3.98. The zero-order valence-electron chi connectivity index (χ0n) is 10.4. The Morgan fingerprint density at radius 3 is 2.33 bits per heavy atom. The zero-order chi connectivity index (χ0) is 12.8. The van der Waals surface area contributed by atoms with E-state index in [2.05, 4.69) is 30.4 Å². The van der Waals surface area contributed by atoms with E-state index >= 15 is 0 Å². The summed E-state index contributed by atoms with van der Waals surface area (Å²) in [5, 5.41) is 12.3. The highest BCUT2D eigenvalue weighted by atomic mass is 14.9. The molecule has 2 rings (SSSR count). The van der Waals surface area contributed by atoms with Gasteiger partial charge in [0.1, 0.15) is 0 Å². The van der Waals surface area contributed by atoms with Gasteiger partial charge in [0.15, 0.2) is 0 Å². The summed E-state index contributed by atoms with van der Waals surface area (Å²) in [6.45, 7) is 2.06. The molecule has 2 aromatic rings. The molecule has 0 saturated heterocycles. The van der Waals surface area contributed by atoms with Gasteiger partial charge in [-0.2, -0.15) is 5.26 Å². The van der Waals surface area contributed by atoms with E-state index in [1.54, 1.807) is 0 Å². The fraction of sp³-hybridized carbons (Fsp3) is 0.188. The molecule has 0 aromatic heterocycles. The molecule has 0 saturated carbocycles. The molecular weight excluding hydrogens is 220 g/mol. The van der Waals surface area contributed by atoms with Crippen molar-refractivity contribution in [2.75, 3.05) is 5.32 Å². The highest BCUT2D eigenvalue weighted by Crippen LogP contribution is 2.22. The maximum Gasteiger partial charge on any atom is 0.0647 e. The summed E-state index contributed by atoms with van der Waals surface area (Å²) >= 11 is 0. The Balaban J connectivity index is 2.17. The van der Waals surface area contributed by atoms with E-state index in [9.17, 15) is 0 Å². The van der Waals surface area contributed by atoms with Crippen LogP contribution in [0.3, 0.4) is 0 Å². The van der Waals surface area contributed by atoms with Crippen molar-refractivity contribution in [3.8, 4) is 6.07 Å². The first-order chi connectivity index (χ1) is 8.79. The third-order valence-electron chi connectivity index (χ3n) is 2.89. The van der Waals surface area contributed by atoms with Crippen molar-refractivity contribution >= 4 is 5.69 Å². The van der Waals surface area contributed by atoms with Gasteiger partial charge in [0, 0.05) is 5.69 Å². The molecule has 0 aliphatic heterocycles. The first-order valence-corrected chi connectivity index (χ1v) is 6.04. The third-order valence-corrected chi connectivity index (χ3v) is 2.89. The van der Waals surface area contributed by atoms with Gasteiger partial charge < -0.3 is 5.32 Å². The molecule has 2 nitrogen and oxygen atoms in total. The number of benzene rings is 2. The van der Waals surface area contributed by atoms with Gasteiger partial charge in [-0.05, 0) is 24.6 Å². The summed E-state index contributed by atoms with van der Waals surface area (Å²) in [6, 6.07) is 20.6. The third kappa shape index (κ3) is 3.11. The number of rotatable bonds is 4. The van der Waals surface area contributed by atoms with E-state index in [1.165, 1.54) is 5.56 Å². The maximum atomic E-state index is 8.93. The normalized spacial score (nSPS) is 11.6. The fourth-order valence-electron chi connectivity index (χ4n) is 1.88. The highest BCUT2D eigenvalue weighted by Gasteiger charge is 2.10. The van der Waals surface area contributed by atoms with Crippen LogP contribution in [-0.4, -0.2) is 0 Å². The van der Waals surface area contributed by atoms with Crippen LogP contribution >= 0.6 is 0 Å². The Hall–Kier alpha value is -2.27. The van der Waals surface area contributed by atoms with Crippen LogP contribution in [0.5, 0.6) is 0 Å². The average Bonchev–Trinajstić information content (AvgIpc) is 2.42. The Morgan fingerprint density at radius 1 is 1.06 bits per heavy atom. The van der Waals surface area contributed by atoms with Gasteiger partial charge in [-0.1, -0.05) is 48.0 Å². The zero-order valence-corrected chi connectivity index (χ0v) is 10.4. The van der Waals surface area contributed by atoms with Crippen molar-refractivity contribution in [1.82, 2.24) is 0 Å². The van der Waals surface area contributed by atoms with Gasteiger partial charge in [-0.25, -0.2) is 0 Å². The monoisotopic (exact) mass is 236 g/mol. The van der Waals surface area contributed by atoms with Crippen molar-refractivity contribution in [2.45, 2.75) is 19.4 Å². The van der Waals surface area contributed by atoms with Crippen LogP contribution in [0, 0.1) is 18.3 Å². The lowest BCUT2D eigenvalue weighted by molar-refractivity contribution is 0.806. The van der Waals surface area contributed by atoms with Crippen LogP contribution in [0.2, 0.25) is 0 Å². The number of anilines is 1. The summed E-state index contributed by atoms with van der Waals surface area (Å²) in [6.07, 6.45) is 0.456. The maximum absolute atomic E-state index is 8.93. The molecule has 2 aromatic carbocycles. The van der Waals surface area contributed by atoms with E-state index < -0.39 is 0 Å². The minimum absolute atomic E-state index is 0.0407. The van der Waals surface area contributed by atoms with Crippen molar-refractivity contribution in [3.05, 3.63) is 65.7 Å². The summed E-state index contributed by atoms with van der Waals surface area (Å²) in [4.78, 5) is 0. The standard InChI is InChI=1S/C16H16N2/c1-13-7-9-15(10-8-13)18-16(11-12-17)14-5-3-2-4-6-14/h2-10,16,18H,11H2,1H3. The molecule has 1 unspecified atom stereocenters. The number of nitrogens with zero attached hydrogens (tertiary/aromatic N) is 1. The van der Waals surface area contributed by atoms with Crippen LogP contribution in [0.4, 0.5) is 5.69 Å². The van der Waals surface area contributed by atoms with Crippen molar-refractivity contribution in [3.63, 3.8) is 0 Å². The average molecular weight is 236 g/mol. The Morgan fingerprint density at radius 2 is 1.72 bits per heavy atom. The summed E-state index contributed by atoms with van der Waals surface area (Å²) in [5.74, 6) is 0. The largest absolute Gasteiger partial charge is 0.377 e. The minimum atomic E-state index is 0.0407. The lowest BCUT2D eigenvalue weighted by Gasteiger charge is -2.17. The second-order valence-electron chi connectivity index (χ2n) is 4.34. The number of hydrogen-bond acceptors (Lipinski definition) is 2. The van der Waals surface area contributed by atoms with Crippen LogP contribution in [0.1, 0.15) is 23.6 Å². The molecule has 2 heteroatoms. The minimum Gasteiger partial charge on any atom is -0.377 e. The second-order valence-corrected chi connectivity index (χ2v) is 4.34. The van der Waals surface area contributed by atoms with Gasteiger partial charge in [-0.3, -0.25) is 0 Å². The van der Waals surface area contributed by atoms with Crippen molar-refractivity contribution < 1.29 is 0 Å². The van der Waals surface area contributed by atoms with Gasteiger partial charge in [-0.15, -0.1) is 0 Å². The molecule has 1 atom stereocenters. The predicted molar refractivity (Wildman–Crippen MR) is 74.2 cm³/mol. The SMILES string of the molecule is Cc1ccc(NC(CC#N)c2ccccc2)cc1. The van der Waals surface area contributed by atoms with E-state index in [1.807, 2.05) is 42.5 Å². The Labute approximate surface area is 108 Å². The molecule has 0 amide bonds. The smallest absolute Gasteiger partial charge is 0.0647 e. The molecule has 0 heterocycles. The molecule has 0 bridgehead atoms. The van der Waals surface area contributed by atoms with Crippen LogP contribution in [0.15, 0.2) is 54.6 Å². The molecule has 0 aliphatic rings.